The highest BCUT2D eigenvalue weighted by molar-refractivity contribution is 5.24. The number of aliphatic hydroxyl groups excluding tert-OH is 1. The van der Waals surface area contributed by atoms with Crippen molar-refractivity contribution in [2.24, 2.45) is 5.73 Å². The maximum absolute atomic E-state index is 9.75. The molecule has 106 valence electrons. The highest BCUT2D eigenvalue weighted by Gasteiger charge is 2.30. The minimum Gasteiger partial charge on any atom is -0.394 e. The average Bonchev–Trinajstić information content (AvgIpc) is 2.95. The van der Waals surface area contributed by atoms with Crippen molar-refractivity contribution in [2.75, 3.05) is 19.7 Å². The Balaban J connectivity index is 1.76. The molecular formula is C15H20N4O. The third-order valence-electron chi connectivity index (χ3n) is 3.96. The lowest BCUT2D eigenvalue weighted by molar-refractivity contribution is 0.117. The predicted octanol–water partition coefficient (Wildman–Crippen LogP) is 0.545. The van der Waals surface area contributed by atoms with Gasteiger partial charge in [-0.1, -0.05) is 30.3 Å². The summed E-state index contributed by atoms with van der Waals surface area (Å²) in [4.78, 5) is 6.61. The largest absolute Gasteiger partial charge is 0.394 e. The van der Waals surface area contributed by atoms with E-state index in [-0.39, 0.29) is 6.61 Å². The lowest BCUT2D eigenvalue weighted by Gasteiger charge is -2.36. The quantitative estimate of drug-likeness (QED) is 0.853. The van der Waals surface area contributed by atoms with Gasteiger partial charge in [-0.3, -0.25) is 4.90 Å². The van der Waals surface area contributed by atoms with Crippen LogP contribution in [0.25, 0.3) is 0 Å². The number of benzene rings is 1. The molecule has 0 saturated carbocycles. The van der Waals surface area contributed by atoms with Gasteiger partial charge in [-0.25, -0.2) is 4.98 Å². The van der Waals surface area contributed by atoms with E-state index in [0.717, 1.165) is 31.0 Å². The number of imidazole rings is 1. The lowest BCUT2D eigenvalue weighted by atomic mass is 9.91. The Kier molecular flexibility index (Phi) is 3.56. The molecule has 2 heterocycles. The van der Waals surface area contributed by atoms with Crippen LogP contribution in [0.5, 0.6) is 0 Å². The SMILES string of the molecule is NC(CO)(CN1CCn2ccnc2C1)c1ccccc1. The molecule has 0 amide bonds. The van der Waals surface area contributed by atoms with Crippen LogP contribution in [-0.4, -0.2) is 39.3 Å². The first-order valence-electron chi connectivity index (χ1n) is 6.89. The van der Waals surface area contributed by atoms with Gasteiger partial charge in [0.05, 0.1) is 18.7 Å². The summed E-state index contributed by atoms with van der Waals surface area (Å²) in [6, 6.07) is 9.81. The Bertz CT molecular complexity index is 568. The Morgan fingerprint density at radius 2 is 2.05 bits per heavy atom. The minimum absolute atomic E-state index is 0.0675. The van der Waals surface area contributed by atoms with Crippen molar-refractivity contribution < 1.29 is 5.11 Å². The van der Waals surface area contributed by atoms with Gasteiger partial charge >= 0.3 is 0 Å². The van der Waals surface area contributed by atoms with Crippen LogP contribution in [-0.2, 0) is 18.6 Å². The molecule has 1 unspecified atom stereocenters. The fourth-order valence-electron chi connectivity index (χ4n) is 2.76. The number of aromatic nitrogens is 2. The number of fused-ring (bicyclic) bond motifs is 1. The van der Waals surface area contributed by atoms with Gasteiger partial charge in [0.2, 0.25) is 0 Å². The second-order valence-electron chi connectivity index (χ2n) is 5.43. The summed E-state index contributed by atoms with van der Waals surface area (Å²) in [5.74, 6) is 1.06. The zero-order valence-corrected chi connectivity index (χ0v) is 11.4. The topological polar surface area (TPSA) is 67.3 Å². The summed E-state index contributed by atoms with van der Waals surface area (Å²) >= 11 is 0. The minimum atomic E-state index is -0.726. The fourth-order valence-corrected chi connectivity index (χ4v) is 2.76. The number of rotatable bonds is 4. The number of aliphatic hydroxyl groups is 1. The number of nitrogens with zero attached hydrogens (tertiary/aromatic N) is 3. The van der Waals surface area contributed by atoms with E-state index in [2.05, 4.69) is 14.5 Å². The number of hydrogen-bond donors (Lipinski definition) is 2. The zero-order chi connectivity index (χ0) is 14.0. The highest BCUT2D eigenvalue weighted by atomic mass is 16.3. The fraction of sp³-hybridized carbons (Fsp3) is 0.400. The van der Waals surface area contributed by atoms with E-state index in [0.29, 0.717) is 6.54 Å². The molecule has 2 aromatic rings. The first-order valence-corrected chi connectivity index (χ1v) is 6.89. The lowest BCUT2D eigenvalue weighted by Crippen LogP contribution is -2.51. The average molecular weight is 272 g/mol. The highest BCUT2D eigenvalue weighted by Crippen LogP contribution is 2.21. The van der Waals surface area contributed by atoms with Gasteiger partial charge in [0.25, 0.3) is 0 Å². The normalized spacial score (nSPS) is 18.5. The Hall–Kier alpha value is -1.69. The van der Waals surface area contributed by atoms with Crippen LogP contribution in [0.3, 0.4) is 0 Å². The van der Waals surface area contributed by atoms with Gasteiger partial charge in [0.1, 0.15) is 5.82 Å². The monoisotopic (exact) mass is 272 g/mol. The number of nitrogens with two attached hydrogens (primary N) is 1. The molecule has 1 aromatic carbocycles. The van der Waals surface area contributed by atoms with E-state index in [9.17, 15) is 5.11 Å². The molecule has 3 rings (SSSR count). The molecule has 0 fully saturated rings. The van der Waals surface area contributed by atoms with E-state index in [1.807, 2.05) is 42.7 Å². The van der Waals surface area contributed by atoms with Crippen molar-refractivity contribution >= 4 is 0 Å². The molecule has 5 nitrogen and oxygen atoms in total. The molecule has 20 heavy (non-hydrogen) atoms. The molecule has 1 aliphatic rings. The summed E-state index contributed by atoms with van der Waals surface area (Å²) < 4.78 is 2.16. The van der Waals surface area contributed by atoms with Crippen LogP contribution < -0.4 is 5.73 Å². The number of hydrogen-bond acceptors (Lipinski definition) is 4. The van der Waals surface area contributed by atoms with Gasteiger partial charge in [-0.15, -0.1) is 0 Å². The molecule has 1 aliphatic heterocycles. The molecule has 3 N–H and O–H groups in total. The molecule has 0 spiro atoms. The summed E-state index contributed by atoms with van der Waals surface area (Å²) in [7, 11) is 0. The van der Waals surface area contributed by atoms with E-state index in [4.69, 9.17) is 5.73 Å². The van der Waals surface area contributed by atoms with Gasteiger partial charge in [0, 0.05) is 32.0 Å². The van der Waals surface area contributed by atoms with E-state index >= 15 is 0 Å². The van der Waals surface area contributed by atoms with Crippen molar-refractivity contribution in [1.82, 2.24) is 14.5 Å². The summed E-state index contributed by atoms with van der Waals surface area (Å²) in [6.45, 7) is 3.18. The van der Waals surface area contributed by atoms with Crippen molar-refractivity contribution in [3.8, 4) is 0 Å². The van der Waals surface area contributed by atoms with Crippen molar-refractivity contribution in [3.05, 3.63) is 54.1 Å². The van der Waals surface area contributed by atoms with Crippen LogP contribution in [0, 0.1) is 0 Å². The van der Waals surface area contributed by atoms with E-state index in [1.54, 1.807) is 0 Å². The third-order valence-corrected chi connectivity index (χ3v) is 3.96. The molecule has 1 atom stereocenters. The zero-order valence-electron chi connectivity index (χ0n) is 11.4. The summed E-state index contributed by atoms with van der Waals surface area (Å²) in [5.41, 5.74) is 6.67. The van der Waals surface area contributed by atoms with Crippen LogP contribution in [0.15, 0.2) is 42.7 Å². The van der Waals surface area contributed by atoms with Crippen LogP contribution >= 0.6 is 0 Å². The molecule has 5 heteroatoms. The molecular weight excluding hydrogens is 252 g/mol. The smallest absolute Gasteiger partial charge is 0.122 e. The third kappa shape index (κ3) is 2.47. The molecule has 1 aromatic heterocycles. The molecule has 0 radical (unpaired) electrons. The van der Waals surface area contributed by atoms with E-state index in [1.165, 1.54) is 0 Å². The van der Waals surface area contributed by atoms with Crippen LogP contribution in [0.4, 0.5) is 0 Å². The predicted molar refractivity (Wildman–Crippen MR) is 76.9 cm³/mol. The van der Waals surface area contributed by atoms with Crippen molar-refractivity contribution in [2.45, 2.75) is 18.6 Å². The molecule has 0 saturated heterocycles. The first kappa shape index (κ1) is 13.3. The second kappa shape index (κ2) is 5.36. The standard InChI is InChI=1S/C15H20N4O/c16-15(12-20,13-4-2-1-3-5-13)11-18-8-9-19-7-6-17-14(19)10-18/h1-7,20H,8-12,16H2. The molecule has 0 aliphatic carbocycles. The van der Waals surface area contributed by atoms with Crippen molar-refractivity contribution in [3.63, 3.8) is 0 Å². The van der Waals surface area contributed by atoms with Gasteiger partial charge in [0.15, 0.2) is 0 Å². The van der Waals surface area contributed by atoms with Crippen LogP contribution in [0.1, 0.15) is 11.4 Å². The van der Waals surface area contributed by atoms with Gasteiger partial charge in [-0.2, -0.15) is 0 Å². The first-order chi connectivity index (χ1) is 9.71. The molecule has 0 bridgehead atoms. The summed E-state index contributed by atoms with van der Waals surface area (Å²) in [5, 5.41) is 9.75. The van der Waals surface area contributed by atoms with Crippen LogP contribution in [0.2, 0.25) is 0 Å². The Morgan fingerprint density at radius 1 is 1.25 bits per heavy atom. The maximum Gasteiger partial charge on any atom is 0.122 e. The Morgan fingerprint density at radius 3 is 2.80 bits per heavy atom. The second-order valence-corrected chi connectivity index (χ2v) is 5.43. The summed E-state index contributed by atoms with van der Waals surface area (Å²) in [6.07, 6.45) is 3.84. The van der Waals surface area contributed by atoms with E-state index < -0.39 is 5.54 Å². The van der Waals surface area contributed by atoms with Crippen molar-refractivity contribution in [1.29, 1.82) is 0 Å². The van der Waals surface area contributed by atoms with Gasteiger partial charge < -0.3 is 15.4 Å². The van der Waals surface area contributed by atoms with Gasteiger partial charge in [-0.05, 0) is 5.56 Å². The maximum atomic E-state index is 9.75. The Labute approximate surface area is 118 Å².